The van der Waals surface area contributed by atoms with Crippen molar-refractivity contribution in [2.45, 2.75) is 40.2 Å². The topological polar surface area (TPSA) is 34.9 Å². The minimum atomic E-state index is -0.449. The smallest absolute Gasteiger partial charge is 0.163 e. The van der Waals surface area contributed by atoms with Gasteiger partial charge in [-0.1, -0.05) is 13.8 Å². The Morgan fingerprint density at radius 3 is 2.47 bits per heavy atom. The van der Waals surface area contributed by atoms with Crippen molar-refractivity contribution in [1.29, 1.82) is 0 Å². The van der Waals surface area contributed by atoms with Gasteiger partial charge in [0.1, 0.15) is 6.67 Å². The van der Waals surface area contributed by atoms with Crippen molar-refractivity contribution in [3.8, 4) is 0 Å². The molecule has 0 bridgehead atoms. The first-order valence-electron chi connectivity index (χ1n) is 5.31. The summed E-state index contributed by atoms with van der Waals surface area (Å²) < 4.78 is 13.9. The minimum absolute atomic E-state index is 0.0220. The molecule has 0 unspecified atom stereocenters. The number of nitrogens with zero attached hydrogens (tertiary/aromatic N) is 2. The molecule has 0 saturated heterocycles. The lowest BCUT2D eigenvalue weighted by Gasteiger charge is -2.03. The number of carbonyl (C=O) groups is 1. The monoisotopic (exact) mass is 212 g/mol. The molecule has 4 heteroatoms. The molecule has 1 aromatic rings. The Hall–Kier alpha value is -1.19. The lowest BCUT2D eigenvalue weighted by molar-refractivity contribution is 0.101. The van der Waals surface area contributed by atoms with Crippen molar-refractivity contribution >= 4 is 5.78 Å². The molecule has 0 aromatic carbocycles. The molecule has 3 nitrogen and oxygen atoms in total. The van der Waals surface area contributed by atoms with Crippen LogP contribution in [0, 0.1) is 0 Å². The summed E-state index contributed by atoms with van der Waals surface area (Å²) in [6.45, 7) is 5.24. The highest BCUT2D eigenvalue weighted by molar-refractivity contribution is 5.96. The van der Waals surface area contributed by atoms with Gasteiger partial charge in [-0.2, -0.15) is 5.10 Å². The maximum atomic E-state index is 12.3. The average Bonchev–Trinajstić information content (AvgIpc) is 2.56. The van der Waals surface area contributed by atoms with E-state index in [9.17, 15) is 9.18 Å². The molecule has 1 rings (SSSR count). The molecule has 0 fully saturated rings. The molecular formula is C11H17FN2O. The Morgan fingerprint density at radius 2 is 2.07 bits per heavy atom. The maximum Gasteiger partial charge on any atom is 0.163 e. The second kappa shape index (κ2) is 5.05. The zero-order chi connectivity index (χ0) is 11.4. The summed E-state index contributed by atoms with van der Waals surface area (Å²) in [5.74, 6) is 0.0220. The summed E-state index contributed by atoms with van der Waals surface area (Å²) in [6.07, 6.45) is 1.42. The molecule has 0 aliphatic carbocycles. The van der Waals surface area contributed by atoms with Crippen LogP contribution in [-0.2, 0) is 19.4 Å². The van der Waals surface area contributed by atoms with E-state index in [-0.39, 0.29) is 12.3 Å². The fourth-order valence-electron chi connectivity index (χ4n) is 1.83. The first-order valence-corrected chi connectivity index (χ1v) is 5.31. The summed E-state index contributed by atoms with van der Waals surface area (Å²) >= 11 is 0. The number of Topliss-reactive ketones (excluding diaryl/α,β-unsaturated/α-hetero) is 1. The number of aromatic nitrogens is 2. The number of aryl methyl sites for hydroxylation is 2. The van der Waals surface area contributed by atoms with Crippen LogP contribution >= 0.6 is 0 Å². The van der Waals surface area contributed by atoms with E-state index < -0.39 is 6.67 Å². The van der Waals surface area contributed by atoms with Crippen LogP contribution in [-0.4, -0.2) is 22.2 Å². The number of hydrogen-bond acceptors (Lipinski definition) is 2. The van der Waals surface area contributed by atoms with Gasteiger partial charge in [0.05, 0.1) is 17.8 Å². The Labute approximate surface area is 89.3 Å². The van der Waals surface area contributed by atoms with Gasteiger partial charge in [-0.05, 0) is 19.8 Å². The van der Waals surface area contributed by atoms with Gasteiger partial charge in [0.15, 0.2) is 5.78 Å². The van der Waals surface area contributed by atoms with Gasteiger partial charge in [-0.25, -0.2) is 4.39 Å². The Balaban J connectivity index is 3.25. The van der Waals surface area contributed by atoms with Gasteiger partial charge in [0, 0.05) is 5.69 Å². The van der Waals surface area contributed by atoms with E-state index in [1.54, 1.807) is 4.68 Å². The molecule has 0 saturated carbocycles. The van der Waals surface area contributed by atoms with Crippen molar-refractivity contribution in [3.63, 3.8) is 0 Å². The zero-order valence-electron chi connectivity index (χ0n) is 9.51. The predicted octanol–water partition coefficient (Wildman–Crippen LogP) is 2.18. The summed E-state index contributed by atoms with van der Waals surface area (Å²) in [6, 6.07) is 0. The van der Waals surface area contributed by atoms with Gasteiger partial charge in [0.2, 0.25) is 0 Å². The van der Waals surface area contributed by atoms with E-state index in [0.29, 0.717) is 18.4 Å². The molecule has 0 N–H and O–H groups in total. The lowest BCUT2D eigenvalue weighted by Crippen LogP contribution is -2.07. The predicted molar refractivity (Wildman–Crippen MR) is 57.0 cm³/mol. The molecule has 1 aromatic heterocycles. The largest absolute Gasteiger partial charge is 0.294 e. The van der Waals surface area contributed by atoms with Gasteiger partial charge >= 0.3 is 0 Å². The van der Waals surface area contributed by atoms with Crippen LogP contribution in [0.4, 0.5) is 4.39 Å². The third-order valence-electron chi connectivity index (χ3n) is 2.45. The van der Waals surface area contributed by atoms with Gasteiger partial charge < -0.3 is 0 Å². The number of rotatable bonds is 5. The first kappa shape index (κ1) is 11.9. The SMILES string of the molecule is CCc1nn(CCF)c(CC)c1C(C)=O. The Morgan fingerprint density at radius 1 is 1.40 bits per heavy atom. The van der Waals surface area contributed by atoms with Crippen LogP contribution in [0.15, 0.2) is 0 Å². The number of ketones is 1. The highest BCUT2D eigenvalue weighted by Gasteiger charge is 2.18. The van der Waals surface area contributed by atoms with E-state index in [4.69, 9.17) is 0 Å². The molecule has 0 radical (unpaired) electrons. The van der Waals surface area contributed by atoms with Crippen LogP contribution in [0.25, 0.3) is 0 Å². The molecule has 1 heterocycles. The molecule has 0 atom stereocenters. The van der Waals surface area contributed by atoms with Gasteiger partial charge in [0.25, 0.3) is 0 Å². The quantitative estimate of drug-likeness (QED) is 0.701. The van der Waals surface area contributed by atoms with Crippen LogP contribution in [0.2, 0.25) is 0 Å². The number of alkyl halides is 1. The minimum Gasteiger partial charge on any atom is -0.294 e. The van der Waals surface area contributed by atoms with Crippen LogP contribution < -0.4 is 0 Å². The summed E-state index contributed by atoms with van der Waals surface area (Å²) in [5, 5.41) is 4.27. The molecule has 0 amide bonds. The molecular weight excluding hydrogens is 195 g/mol. The van der Waals surface area contributed by atoms with Crippen molar-refractivity contribution in [2.75, 3.05) is 6.67 Å². The molecule has 0 aliphatic rings. The van der Waals surface area contributed by atoms with Crippen LogP contribution in [0.1, 0.15) is 42.5 Å². The maximum absolute atomic E-state index is 12.3. The van der Waals surface area contributed by atoms with Crippen molar-refractivity contribution < 1.29 is 9.18 Å². The van der Waals surface area contributed by atoms with Crippen LogP contribution in [0.3, 0.4) is 0 Å². The van der Waals surface area contributed by atoms with E-state index in [0.717, 1.165) is 11.4 Å². The number of halogens is 1. The summed E-state index contributed by atoms with van der Waals surface area (Å²) in [7, 11) is 0. The third-order valence-corrected chi connectivity index (χ3v) is 2.45. The van der Waals surface area contributed by atoms with Crippen molar-refractivity contribution in [1.82, 2.24) is 9.78 Å². The van der Waals surface area contributed by atoms with Gasteiger partial charge in [-0.3, -0.25) is 9.48 Å². The third kappa shape index (κ3) is 2.25. The fourth-order valence-corrected chi connectivity index (χ4v) is 1.83. The second-order valence-electron chi connectivity index (χ2n) is 3.44. The average molecular weight is 212 g/mol. The van der Waals surface area contributed by atoms with E-state index in [1.807, 2.05) is 13.8 Å². The lowest BCUT2D eigenvalue weighted by atomic mass is 10.1. The molecule has 15 heavy (non-hydrogen) atoms. The van der Waals surface area contributed by atoms with E-state index in [2.05, 4.69) is 5.10 Å². The van der Waals surface area contributed by atoms with Crippen LogP contribution in [0.5, 0.6) is 0 Å². The normalized spacial score (nSPS) is 10.7. The highest BCUT2D eigenvalue weighted by Crippen LogP contribution is 2.16. The number of hydrogen-bond donors (Lipinski definition) is 0. The highest BCUT2D eigenvalue weighted by atomic mass is 19.1. The summed E-state index contributed by atoms with van der Waals surface area (Å²) in [5.41, 5.74) is 2.33. The van der Waals surface area contributed by atoms with Crippen molar-refractivity contribution in [3.05, 3.63) is 17.0 Å². The Bertz CT molecular complexity index is 358. The number of carbonyl (C=O) groups excluding carboxylic acids is 1. The summed E-state index contributed by atoms with van der Waals surface area (Å²) in [4.78, 5) is 11.5. The molecule has 0 spiro atoms. The Kier molecular flexibility index (Phi) is 4.00. The molecule has 84 valence electrons. The standard InChI is InChI=1S/C11H17FN2O/c1-4-9-11(8(3)15)10(5-2)14(13-9)7-6-12/h4-7H2,1-3H3. The fraction of sp³-hybridized carbons (Fsp3) is 0.636. The van der Waals surface area contributed by atoms with Gasteiger partial charge in [-0.15, -0.1) is 0 Å². The second-order valence-corrected chi connectivity index (χ2v) is 3.44. The van der Waals surface area contributed by atoms with Crippen molar-refractivity contribution in [2.24, 2.45) is 0 Å². The molecule has 0 aliphatic heterocycles. The zero-order valence-corrected chi connectivity index (χ0v) is 9.51. The first-order chi connectivity index (χ1) is 7.15. The van der Waals surface area contributed by atoms with E-state index >= 15 is 0 Å². The van der Waals surface area contributed by atoms with E-state index in [1.165, 1.54) is 6.92 Å².